The first kappa shape index (κ1) is 14.4. The number of carbonyl (C=O) groups excluding carboxylic acids is 1. The molecule has 4 heteroatoms. The van der Waals surface area contributed by atoms with Crippen LogP contribution in [0.4, 0.5) is 5.69 Å². The van der Waals surface area contributed by atoms with Crippen molar-refractivity contribution in [2.75, 3.05) is 31.5 Å². The third-order valence-electron chi connectivity index (χ3n) is 4.21. The number of hydrogen-bond acceptors (Lipinski definition) is 4. The van der Waals surface area contributed by atoms with E-state index in [-0.39, 0.29) is 11.4 Å². The Labute approximate surface area is 126 Å². The number of likely N-dealkylation sites (tertiary alicyclic amines) is 1. The van der Waals surface area contributed by atoms with Crippen molar-refractivity contribution in [3.63, 3.8) is 0 Å². The zero-order valence-electron chi connectivity index (χ0n) is 12.9. The Morgan fingerprint density at radius 1 is 1.29 bits per heavy atom. The van der Waals surface area contributed by atoms with Gasteiger partial charge in [-0.2, -0.15) is 0 Å². The van der Waals surface area contributed by atoms with Crippen LogP contribution in [0, 0.1) is 0 Å². The van der Waals surface area contributed by atoms with E-state index in [1.54, 1.807) is 0 Å². The number of rotatable bonds is 3. The fraction of sp³-hybridized carbons (Fsp3) is 0.588. The number of benzene rings is 1. The fourth-order valence-corrected chi connectivity index (χ4v) is 2.98. The molecule has 0 spiro atoms. The van der Waals surface area contributed by atoms with Crippen LogP contribution in [0.15, 0.2) is 18.2 Å². The molecule has 0 aromatic heterocycles. The van der Waals surface area contributed by atoms with Crippen LogP contribution < -0.4 is 10.1 Å². The van der Waals surface area contributed by atoms with E-state index in [0.717, 1.165) is 36.6 Å². The summed E-state index contributed by atoms with van der Waals surface area (Å²) < 4.78 is 5.92. The number of anilines is 1. The van der Waals surface area contributed by atoms with Crippen molar-refractivity contribution in [1.82, 2.24) is 4.90 Å². The average Bonchev–Trinajstić information content (AvgIpc) is 2.47. The Hall–Kier alpha value is -1.55. The van der Waals surface area contributed by atoms with Crippen LogP contribution in [-0.4, -0.2) is 42.5 Å². The van der Waals surface area contributed by atoms with Crippen molar-refractivity contribution in [3.05, 3.63) is 23.8 Å². The summed E-state index contributed by atoms with van der Waals surface area (Å²) in [5.41, 5.74) is 1.50. The molecule has 0 aliphatic carbocycles. The Morgan fingerprint density at radius 3 is 2.81 bits per heavy atom. The van der Waals surface area contributed by atoms with Gasteiger partial charge in [-0.15, -0.1) is 0 Å². The molecular formula is C17H24N2O2. The molecule has 4 nitrogen and oxygen atoms in total. The summed E-state index contributed by atoms with van der Waals surface area (Å²) in [6.07, 6.45) is 3.71. The van der Waals surface area contributed by atoms with Gasteiger partial charge in [0.1, 0.15) is 11.4 Å². The number of carbonyl (C=O) groups is 1. The van der Waals surface area contributed by atoms with Gasteiger partial charge in [0, 0.05) is 5.56 Å². The second-order valence-electron chi connectivity index (χ2n) is 6.69. The summed E-state index contributed by atoms with van der Waals surface area (Å²) >= 11 is 0. The number of nitrogens with one attached hydrogen (secondary N) is 1. The van der Waals surface area contributed by atoms with Gasteiger partial charge >= 0.3 is 0 Å². The van der Waals surface area contributed by atoms with Gasteiger partial charge in [-0.25, -0.2) is 0 Å². The molecule has 1 saturated heterocycles. The number of fused-ring (bicyclic) bond motifs is 1. The predicted molar refractivity (Wildman–Crippen MR) is 84.3 cm³/mol. The van der Waals surface area contributed by atoms with Crippen molar-refractivity contribution >= 4 is 11.5 Å². The zero-order valence-corrected chi connectivity index (χ0v) is 12.9. The van der Waals surface area contributed by atoms with E-state index < -0.39 is 0 Å². The summed E-state index contributed by atoms with van der Waals surface area (Å²) in [5.74, 6) is 1.03. The molecule has 114 valence electrons. The third kappa shape index (κ3) is 3.38. The van der Waals surface area contributed by atoms with Gasteiger partial charge in [-0.1, -0.05) is 6.42 Å². The van der Waals surface area contributed by atoms with Crippen molar-refractivity contribution in [2.45, 2.75) is 38.7 Å². The quantitative estimate of drug-likeness (QED) is 0.868. The molecule has 0 unspecified atom stereocenters. The van der Waals surface area contributed by atoms with E-state index in [4.69, 9.17) is 4.74 Å². The zero-order chi connectivity index (χ0) is 14.9. The Balaban J connectivity index is 1.70. The Kier molecular flexibility index (Phi) is 3.89. The molecule has 0 radical (unpaired) electrons. The van der Waals surface area contributed by atoms with Gasteiger partial charge in [-0.05, 0) is 58.0 Å². The minimum Gasteiger partial charge on any atom is -0.484 e. The number of ether oxygens (including phenoxy) is 1. The lowest BCUT2D eigenvalue weighted by Crippen LogP contribution is -2.40. The van der Waals surface area contributed by atoms with Crippen molar-refractivity contribution in [2.24, 2.45) is 0 Å². The number of hydrogen-bond donors (Lipinski definition) is 1. The summed E-state index contributed by atoms with van der Waals surface area (Å²) in [5, 5.41) is 3.36. The summed E-state index contributed by atoms with van der Waals surface area (Å²) in [6, 6.07) is 5.72. The molecule has 3 rings (SSSR count). The minimum absolute atomic E-state index is 0.200. The van der Waals surface area contributed by atoms with Gasteiger partial charge in [0.2, 0.25) is 0 Å². The SMILES string of the molecule is CC1(C)CNc2cc(C(=O)CN3CCCCC3)ccc2O1. The molecule has 1 aromatic rings. The van der Waals surface area contributed by atoms with E-state index in [2.05, 4.69) is 24.1 Å². The highest BCUT2D eigenvalue weighted by Crippen LogP contribution is 2.33. The van der Waals surface area contributed by atoms with Gasteiger partial charge in [0.15, 0.2) is 5.78 Å². The van der Waals surface area contributed by atoms with E-state index in [9.17, 15) is 4.79 Å². The smallest absolute Gasteiger partial charge is 0.176 e. The standard InChI is InChI=1S/C17H24N2O2/c1-17(2)12-18-14-10-13(6-7-16(14)21-17)15(20)11-19-8-4-3-5-9-19/h6-7,10,18H,3-5,8-9,11-12H2,1-2H3. The first-order valence-electron chi connectivity index (χ1n) is 7.86. The monoisotopic (exact) mass is 288 g/mol. The predicted octanol–water partition coefficient (Wildman–Crippen LogP) is 2.94. The minimum atomic E-state index is -0.202. The maximum Gasteiger partial charge on any atom is 0.176 e. The third-order valence-corrected chi connectivity index (χ3v) is 4.21. The normalized spacial score (nSPS) is 21.0. The summed E-state index contributed by atoms with van der Waals surface area (Å²) in [4.78, 5) is 14.7. The molecule has 1 N–H and O–H groups in total. The molecule has 21 heavy (non-hydrogen) atoms. The number of ketones is 1. The first-order valence-corrected chi connectivity index (χ1v) is 7.86. The molecule has 0 saturated carbocycles. The second kappa shape index (κ2) is 5.68. The number of Topliss-reactive ketones (excluding diaryl/α,β-unsaturated/α-hetero) is 1. The number of nitrogens with zero attached hydrogens (tertiary/aromatic N) is 1. The molecule has 0 bridgehead atoms. The molecule has 1 aromatic carbocycles. The molecule has 2 aliphatic heterocycles. The Morgan fingerprint density at radius 2 is 2.05 bits per heavy atom. The van der Waals surface area contributed by atoms with Crippen molar-refractivity contribution < 1.29 is 9.53 Å². The van der Waals surface area contributed by atoms with E-state index in [1.807, 2.05) is 18.2 Å². The molecule has 0 amide bonds. The highest BCUT2D eigenvalue weighted by Gasteiger charge is 2.26. The van der Waals surface area contributed by atoms with Crippen LogP contribution in [0.3, 0.4) is 0 Å². The molecule has 1 fully saturated rings. The van der Waals surface area contributed by atoms with Crippen LogP contribution >= 0.6 is 0 Å². The van der Waals surface area contributed by atoms with E-state index in [0.29, 0.717) is 6.54 Å². The maximum atomic E-state index is 12.4. The highest BCUT2D eigenvalue weighted by atomic mass is 16.5. The molecule has 2 aliphatic rings. The van der Waals surface area contributed by atoms with Crippen molar-refractivity contribution in [3.8, 4) is 5.75 Å². The van der Waals surface area contributed by atoms with Crippen LogP contribution in [0.5, 0.6) is 5.75 Å². The average molecular weight is 288 g/mol. The van der Waals surface area contributed by atoms with Gasteiger partial charge in [0.25, 0.3) is 0 Å². The topological polar surface area (TPSA) is 41.6 Å². The highest BCUT2D eigenvalue weighted by molar-refractivity contribution is 5.98. The van der Waals surface area contributed by atoms with Crippen molar-refractivity contribution in [1.29, 1.82) is 0 Å². The first-order chi connectivity index (χ1) is 10.0. The van der Waals surface area contributed by atoms with Crippen LogP contribution in [-0.2, 0) is 0 Å². The van der Waals surface area contributed by atoms with Gasteiger partial charge in [0.05, 0.1) is 18.8 Å². The lowest BCUT2D eigenvalue weighted by molar-refractivity contribution is 0.0915. The Bertz CT molecular complexity index is 534. The van der Waals surface area contributed by atoms with Gasteiger partial charge < -0.3 is 10.1 Å². The number of piperidine rings is 1. The van der Waals surface area contributed by atoms with E-state index in [1.165, 1.54) is 19.3 Å². The molecular weight excluding hydrogens is 264 g/mol. The van der Waals surface area contributed by atoms with Gasteiger partial charge in [-0.3, -0.25) is 9.69 Å². The summed E-state index contributed by atoms with van der Waals surface area (Å²) in [7, 11) is 0. The summed E-state index contributed by atoms with van der Waals surface area (Å²) in [6.45, 7) is 7.49. The van der Waals surface area contributed by atoms with E-state index >= 15 is 0 Å². The van der Waals surface area contributed by atoms with Crippen LogP contribution in [0.1, 0.15) is 43.5 Å². The second-order valence-corrected chi connectivity index (χ2v) is 6.69. The maximum absolute atomic E-state index is 12.4. The lowest BCUT2D eigenvalue weighted by atomic mass is 10.0. The van der Waals surface area contributed by atoms with Crippen LogP contribution in [0.25, 0.3) is 0 Å². The lowest BCUT2D eigenvalue weighted by Gasteiger charge is -2.33. The fourth-order valence-electron chi connectivity index (χ4n) is 2.98. The molecule has 2 heterocycles. The van der Waals surface area contributed by atoms with Crippen LogP contribution in [0.2, 0.25) is 0 Å². The molecule has 0 atom stereocenters. The largest absolute Gasteiger partial charge is 0.484 e.